The van der Waals surface area contributed by atoms with Gasteiger partial charge in [-0.2, -0.15) is 0 Å². The van der Waals surface area contributed by atoms with Crippen molar-refractivity contribution >= 4 is 29.3 Å². The second-order valence-corrected chi connectivity index (χ2v) is 12.7. The molecule has 5 nitrogen and oxygen atoms in total. The van der Waals surface area contributed by atoms with Crippen molar-refractivity contribution in [3.8, 4) is 0 Å². The Hall–Kier alpha value is -2.99. The molecule has 190 valence electrons. The molecule has 6 heteroatoms. The molecule has 0 spiro atoms. The summed E-state index contributed by atoms with van der Waals surface area (Å²) in [6, 6.07) is 20.0. The van der Waals surface area contributed by atoms with Crippen LogP contribution in [0, 0.1) is 17.8 Å². The monoisotopic (exact) mass is 512 g/mol. The van der Waals surface area contributed by atoms with Gasteiger partial charge in [-0.3, -0.25) is 9.59 Å². The lowest BCUT2D eigenvalue weighted by Gasteiger charge is -2.57. The molecule has 1 aromatic heterocycles. The fourth-order valence-corrected chi connectivity index (χ4v) is 9.03. The second kappa shape index (κ2) is 9.09. The largest absolute Gasteiger partial charge is 0.467 e. The number of furan rings is 1. The van der Waals surface area contributed by atoms with E-state index in [0.29, 0.717) is 23.3 Å². The van der Waals surface area contributed by atoms with E-state index in [2.05, 4.69) is 29.6 Å². The summed E-state index contributed by atoms with van der Waals surface area (Å²) in [4.78, 5) is 27.3. The minimum Gasteiger partial charge on any atom is -0.467 e. The van der Waals surface area contributed by atoms with Crippen LogP contribution >= 0.6 is 11.8 Å². The van der Waals surface area contributed by atoms with Gasteiger partial charge >= 0.3 is 0 Å². The van der Waals surface area contributed by atoms with E-state index in [1.54, 1.807) is 18.0 Å². The van der Waals surface area contributed by atoms with Gasteiger partial charge < -0.3 is 14.6 Å². The Balaban J connectivity index is 1.02. The SMILES string of the molecule is O=C(Nc1ccc(C23CC4CC(CC(C4)C2)C3)cc1)c1ccc([C@H]2SCC(=O)N2Cc2ccco2)cc1. The fraction of sp³-hybridized carbons (Fsp3) is 0.419. The molecule has 0 radical (unpaired) electrons. The normalized spacial score (nSPS) is 30.2. The van der Waals surface area contributed by atoms with Crippen molar-refractivity contribution in [1.82, 2.24) is 4.90 Å². The summed E-state index contributed by atoms with van der Waals surface area (Å²) in [7, 11) is 0. The van der Waals surface area contributed by atoms with Gasteiger partial charge in [-0.1, -0.05) is 24.3 Å². The van der Waals surface area contributed by atoms with E-state index in [9.17, 15) is 9.59 Å². The zero-order valence-electron chi connectivity index (χ0n) is 20.9. The number of carbonyl (C=O) groups is 2. The Kier molecular flexibility index (Phi) is 5.69. The number of nitrogens with zero attached hydrogens (tertiary/aromatic N) is 1. The van der Waals surface area contributed by atoms with Gasteiger partial charge in [0.2, 0.25) is 5.91 Å². The number of nitrogens with one attached hydrogen (secondary N) is 1. The topological polar surface area (TPSA) is 62.6 Å². The first-order valence-corrected chi connectivity index (χ1v) is 14.5. The van der Waals surface area contributed by atoms with Crippen molar-refractivity contribution < 1.29 is 14.0 Å². The molecule has 37 heavy (non-hydrogen) atoms. The Bertz CT molecular complexity index is 1260. The third kappa shape index (κ3) is 4.29. The fourth-order valence-electron chi connectivity index (χ4n) is 7.85. The van der Waals surface area contributed by atoms with Crippen LogP contribution in [0.1, 0.15) is 71.1 Å². The van der Waals surface area contributed by atoms with Crippen LogP contribution in [0.5, 0.6) is 0 Å². The molecule has 2 aromatic carbocycles. The van der Waals surface area contributed by atoms with Gasteiger partial charge in [-0.25, -0.2) is 0 Å². The second-order valence-electron chi connectivity index (χ2n) is 11.6. The molecule has 8 rings (SSSR count). The van der Waals surface area contributed by atoms with Crippen LogP contribution in [0.25, 0.3) is 0 Å². The molecular formula is C31H32N2O3S. The van der Waals surface area contributed by atoms with Crippen LogP contribution in [0.15, 0.2) is 71.3 Å². The Morgan fingerprint density at radius 2 is 1.62 bits per heavy atom. The number of hydrogen-bond acceptors (Lipinski definition) is 4. The minimum absolute atomic E-state index is 0.0770. The highest BCUT2D eigenvalue weighted by molar-refractivity contribution is 8.00. The molecule has 4 aliphatic carbocycles. The number of rotatable bonds is 6. The molecule has 1 atom stereocenters. The van der Waals surface area contributed by atoms with E-state index in [4.69, 9.17) is 4.42 Å². The van der Waals surface area contributed by atoms with Crippen LogP contribution in [-0.4, -0.2) is 22.5 Å². The number of thioether (sulfide) groups is 1. The van der Waals surface area contributed by atoms with Crippen LogP contribution in [0.2, 0.25) is 0 Å². The molecular weight excluding hydrogens is 480 g/mol. The molecule has 0 unspecified atom stereocenters. The summed E-state index contributed by atoms with van der Waals surface area (Å²) < 4.78 is 5.45. The van der Waals surface area contributed by atoms with E-state index in [0.717, 1.165) is 34.8 Å². The van der Waals surface area contributed by atoms with Crippen LogP contribution in [0.3, 0.4) is 0 Å². The smallest absolute Gasteiger partial charge is 0.255 e. The molecule has 1 aliphatic heterocycles. The molecule has 4 saturated carbocycles. The predicted octanol–water partition coefficient (Wildman–Crippen LogP) is 6.77. The van der Waals surface area contributed by atoms with Crippen molar-refractivity contribution in [3.63, 3.8) is 0 Å². The van der Waals surface area contributed by atoms with Crippen LogP contribution in [0.4, 0.5) is 5.69 Å². The summed E-state index contributed by atoms with van der Waals surface area (Å²) in [5, 5.41) is 3.00. The van der Waals surface area contributed by atoms with E-state index >= 15 is 0 Å². The number of amides is 2. The van der Waals surface area contributed by atoms with Gasteiger partial charge in [0.15, 0.2) is 0 Å². The quantitative estimate of drug-likeness (QED) is 0.396. The lowest BCUT2D eigenvalue weighted by Crippen LogP contribution is -2.48. The van der Waals surface area contributed by atoms with Gasteiger partial charge in [0.1, 0.15) is 11.1 Å². The highest BCUT2D eigenvalue weighted by Crippen LogP contribution is 2.60. The Labute approximate surface area is 222 Å². The standard InChI is InChI=1S/C31H32N2O3S/c34-28-19-37-30(33(28)18-27-2-1-11-36-27)24-5-3-23(4-6-24)29(35)32-26-9-7-25(8-10-26)31-15-20-12-21(16-31)14-22(13-20)17-31/h1-11,20-22,30H,12-19H2,(H,32,35)/t20?,21?,22?,30-,31?/m1/s1. The van der Waals surface area contributed by atoms with Crippen molar-refractivity contribution in [3.05, 3.63) is 89.4 Å². The molecule has 5 fully saturated rings. The van der Waals surface area contributed by atoms with Crippen molar-refractivity contribution in [2.75, 3.05) is 11.1 Å². The zero-order valence-corrected chi connectivity index (χ0v) is 21.7. The van der Waals surface area contributed by atoms with Gasteiger partial charge in [-0.15, -0.1) is 11.8 Å². The van der Waals surface area contributed by atoms with Crippen LogP contribution in [-0.2, 0) is 16.8 Å². The zero-order chi connectivity index (χ0) is 25.0. The van der Waals surface area contributed by atoms with Crippen molar-refractivity contribution in [2.45, 2.75) is 55.9 Å². The third-order valence-corrected chi connectivity index (χ3v) is 10.4. The third-order valence-electron chi connectivity index (χ3n) is 9.13. The lowest BCUT2D eigenvalue weighted by atomic mass is 9.48. The summed E-state index contributed by atoms with van der Waals surface area (Å²) in [5.41, 5.74) is 4.30. The van der Waals surface area contributed by atoms with Crippen molar-refractivity contribution in [1.29, 1.82) is 0 Å². The summed E-state index contributed by atoms with van der Waals surface area (Å²) in [6.07, 6.45) is 10.0. The number of benzene rings is 2. The maximum atomic E-state index is 13.0. The van der Waals surface area contributed by atoms with Crippen LogP contribution < -0.4 is 5.32 Å². The van der Waals surface area contributed by atoms with E-state index < -0.39 is 0 Å². The first-order chi connectivity index (χ1) is 18.0. The molecule has 2 amide bonds. The van der Waals surface area contributed by atoms with Gasteiger partial charge in [-0.05, 0) is 109 Å². The van der Waals surface area contributed by atoms with Gasteiger partial charge in [0.05, 0.1) is 18.6 Å². The first-order valence-electron chi connectivity index (χ1n) is 13.5. The summed E-state index contributed by atoms with van der Waals surface area (Å²) in [6.45, 7) is 0.449. The molecule has 3 aromatic rings. The number of carbonyl (C=O) groups excluding carboxylic acids is 2. The first kappa shape index (κ1) is 23.2. The lowest BCUT2D eigenvalue weighted by molar-refractivity contribution is -0.128. The Morgan fingerprint density at radius 3 is 2.24 bits per heavy atom. The summed E-state index contributed by atoms with van der Waals surface area (Å²) >= 11 is 1.61. The maximum absolute atomic E-state index is 13.0. The van der Waals surface area contributed by atoms with E-state index in [-0.39, 0.29) is 17.2 Å². The average Bonchev–Trinajstić information content (AvgIpc) is 3.54. The van der Waals surface area contributed by atoms with Crippen molar-refractivity contribution in [2.24, 2.45) is 17.8 Å². The molecule has 2 heterocycles. The van der Waals surface area contributed by atoms with Gasteiger partial charge in [0, 0.05) is 11.3 Å². The molecule has 1 N–H and O–H groups in total. The number of anilines is 1. The highest BCUT2D eigenvalue weighted by atomic mass is 32.2. The minimum atomic E-state index is -0.114. The predicted molar refractivity (Wildman–Crippen MR) is 145 cm³/mol. The molecule has 5 aliphatic rings. The molecule has 1 saturated heterocycles. The van der Waals surface area contributed by atoms with E-state index in [1.807, 2.05) is 41.3 Å². The van der Waals surface area contributed by atoms with E-state index in [1.165, 1.54) is 44.1 Å². The van der Waals surface area contributed by atoms with Gasteiger partial charge in [0.25, 0.3) is 5.91 Å². The number of hydrogen-bond donors (Lipinski definition) is 1. The summed E-state index contributed by atoms with van der Waals surface area (Å²) in [5.74, 6) is 3.98. The average molecular weight is 513 g/mol. The Morgan fingerprint density at radius 1 is 0.946 bits per heavy atom. The maximum Gasteiger partial charge on any atom is 0.255 e. The molecule has 4 bridgehead atoms. The highest BCUT2D eigenvalue weighted by Gasteiger charge is 2.51.